The maximum Gasteiger partial charge on any atom is 0.269 e. The van der Waals surface area contributed by atoms with E-state index in [0.717, 1.165) is 9.80 Å². The number of nitrogens with zero attached hydrogens (tertiary/aromatic N) is 3. The lowest BCUT2D eigenvalue weighted by atomic mass is 9.56. The zero-order valence-electron chi connectivity index (χ0n) is 22.4. The number of alkyl halides is 3. The first-order valence-corrected chi connectivity index (χ1v) is 16.6. The number of rotatable bonds is 5. The number of anilines is 1. The van der Waals surface area contributed by atoms with Crippen molar-refractivity contribution in [3.63, 3.8) is 0 Å². The number of ether oxygens (including phenoxy) is 1. The van der Waals surface area contributed by atoms with Gasteiger partial charge in [-0.25, -0.2) is 0 Å². The quantitative estimate of drug-likeness (QED) is 0.100. The lowest BCUT2D eigenvalue weighted by molar-refractivity contribution is -0.384. The fourth-order valence-electron chi connectivity index (χ4n) is 7.05. The third-order valence-corrected chi connectivity index (χ3v) is 13.1. The first-order chi connectivity index (χ1) is 20.7. The number of aromatic hydroxyl groups is 1. The van der Waals surface area contributed by atoms with Crippen LogP contribution in [0.5, 0.6) is 11.5 Å². The van der Waals surface area contributed by atoms with Gasteiger partial charge in [0.1, 0.15) is 0 Å². The van der Waals surface area contributed by atoms with Crippen LogP contribution >= 0.6 is 71.0 Å². The van der Waals surface area contributed by atoms with Crippen molar-refractivity contribution in [3.05, 3.63) is 66.6 Å². The Morgan fingerprint density at radius 3 is 2.32 bits per heavy atom. The molecule has 2 aromatic carbocycles. The number of halogens is 5. The number of nitro groups is 1. The van der Waals surface area contributed by atoms with Crippen LogP contribution in [0, 0.1) is 27.9 Å². The number of allylic oxidation sites excluding steroid dienone is 2. The number of phenolic OH excluding ortho intramolecular Hbond substituents is 1. The van der Waals surface area contributed by atoms with Crippen molar-refractivity contribution in [2.75, 3.05) is 17.5 Å². The molecule has 44 heavy (non-hydrogen) atoms. The van der Waals surface area contributed by atoms with Crippen LogP contribution in [0.25, 0.3) is 0 Å². The molecule has 230 valence electrons. The molecule has 6 atom stereocenters. The maximum absolute atomic E-state index is 14.1. The van der Waals surface area contributed by atoms with Crippen LogP contribution in [-0.4, -0.2) is 60.9 Å². The van der Waals surface area contributed by atoms with E-state index in [9.17, 15) is 34.4 Å². The molecule has 0 spiro atoms. The van der Waals surface area contributed by atoms with Gasteiger partial charge in [0, 0.05) is 22.5 Å². The fraction of sp³-hybridized carbons (Fsp3) is 0.357. The van der Waals surface area contributed by atoms with E-state index >= 15 is 0 Å². The topological polar surface area (TPSA) is 147 Å². The molecular formula is C28H20Br3Cl2N3O8. The summed E-state index contributed by atoms with van der Waals surface area (Å²) in [5.41, 5.74) is 0.706. The Morgan fingerprint density at radius 1 is 1.07 bits per heavy atom. The largest absolute Gasteiger partial charge is 0.503 e. The van der Waals surface area contributed by atoms with E-state index in [-0.39, 0.29) is 45.6 Å². The smallest absolute Gasteiger partial charge is 0.269 e. The van der Waals surface area contributed by atoms with Crippen LogP contribution in [0.2, 0.25) is 0 Å². The van der Waals surface area contributed by atoms with E-state index in [1.54, 1.807) is 6.08 Å². The minimum atomic E-state index is -2.05. The number of fused-ring (bicyclic) bond motifs is 4. The van der Waals surface area contributed by atoms with Crippen molar-refractivity contribution in [2.45, 2.75) is 28.5 Å². The summed E-state index contributed by atoms with van der Waals surface area (Å²) in [4.78, 5) is 64.1. The molecule has 2 aliphatic heterocycles. The van der Waals surface area contributed by atoms with Gasteiger partial charge in [-0.2, -0.15) is 0 Å². The van der Waals surface area contributed by atoms with Gasteiger partial charge in [-0.15, -0.1) is 23.2 Å². The highest BCUT2D eigenvalue weighted by atomic mass is 79.9. The first-order valence-electron chi connectivity index (χ1n) is 13.1. The van der Waals surface area contributed by atoms with Gasteiger partial charge >= 0.3 is 0 Å². The Kier molecular flexibility index (Phi) is 7.71. The lowest BCUT2D eigenvalue weighted by Gasteiger charge is -2.51. The number of methoxy groups -OCH3 is 1. The minimum absolute atomic E-state index is 0.0533. The number of carbonyl (C=O) groups is 4. The van der Waals surface area contributed by atoms with Crippen LogP contribution < -0.4 is 9.64 Å². The Hall–Kier alpha value is -2.52. The molecule has 4 amide bonds. The van der Waals surface area contributed by atoms with Crippen molar-refractivity contribution in [1.82, 2.24) is 4.90 Å². The molecule has 6 unspecified atom stereocenters. The molecule has 0 aromatic heterocycles. The number of imide groups is 2. The number of carbonyl (C=O) groups excluding carboxylic acids is 4. The maximum atomic E-state index is 14.1. The van der Waals surface area contributed by atoms with Gasteiger partial charge in [-0.05, 0) is 74.4 Å². The highest BCUT2D eigenvalue weighted by Gasteiger charge is 2.76. The molecule has 4 aliphatic rings. The number of nitro benzene ring substituents is 1. The molecule has 11 nitrogen and oxygen atoms in total. The highest BCUT2D eigenvalue weighted by molar-refractivity contribution is 9.13. The summed E-state index contributed by atoms with van der Waals surface area (Å²) < 4.78 is 5.91. The molecule has 0 radical (unpaired) electrons. The monoisotopic (exact) mass is 833 g/mol. The van der Waals surface area contributed by atoms with Gasteiger partial charge < -0.3 is 9.84 Å². The Balaban J connectivity index is 1.53. The predicted molar refractivity (Wildman–Crippen MR) is 169 cm³/mol. The third kappa shape index (κ3) is 4.03. The summed E-state index contributed by atoms with van der Waals surface area (Å²) in [7, 11) is 1.35. The molecule has 0 bridgehead atoms. The zero-order chi connectivity index (χ0) is 32.0. The van der Waals surface area contributed by atoms with Crippen molar-refractivity contribution in [3.8, 4) is 11.5 Å². The molecule has 2 aliphatic carbocycles. The number of non-ortho nitro benzene ring substituents is 1. The van der Waals surface area contributed by atoms with Crippen LogP contribution in [0.1, 0.15) is 24.3 Å². The third-order valence-electron chi connectivity index (χ3n) is 9.04. The number of hydrogen-bond acceptors (Lipinski definition) is 8. The van der Waals surface area contributed by atoms with Gasteiger partial charge in [0.05, 0.1) is 39.5 Å². The molecule has 3 fully saturated rings. The van der Waals surface area contributed by atoms with E-state index in [1.807, 2.05) is 0 Å². The molecule has 1 N–H and O–H groups in total. The van der Waals surface area contributed by atoms with Gasteiger partial charge in [0.15, 0.2) is 21.2 Å². The predicted octanol–water partition coefficient (Wildman–Crippen LogP) is 5.75. The molecular weight excluding hydrogens is 817 g/mol. The molecule has 6 rings (SSSR count). The van der Waals surface area contributed by atoms with Crippen molar-refractivity contribution < 1.29 is 33.9 Å². The number of amides is 4. The van der Waals surface area contributed by atoms with Crippen LogP contribution in [0.3, 0.4) is 0 Å². The number of benzene rings is 2. The minimum Gasteiger partial charge on any atom is -0.503 e. The summed E-state index contributed by atoms with van der Waals surface area (Å²) in [6.07, 6.45) is 1.69. The van der Waals surface area contributed by atoms with E-state index in [0.29, 0.717) is 15.6 Å². The van der Waals surface area contributed by atoms with Crippen molar-refractivity contribution in [2.24, 2.45) is 17.8 Å². The zero-order valence-corrected chi connectivity index (χ0v) is 28.7. The van der Waals surface area contributed by atoms with Gasteiger partial charge in [0.25, 0.3) is 17.5 Å². The highest BCUT2D eigenvalue weighted by Crippen LogP contribution is 2.66. The Bertz CT molecular complexity index is 1720. The summed E-state index contributed by atoms with van der Waals surface area (Å²) in [5, 5.41) is 21.8. The number of phenols is 1. The van der Waals surface area contributed by atoms with Crippen LogP contribution in [0.15, 0.2) is 50.9 Å². The molecule has 16 heteroatoms. The summed E-state index contributed by atoms with van der Waals surface area (Å²) in [5.74, 6) is -6.35. The Labute approximate surface area is 285 Å². The first kappa shape index (κ1) is 31.5. The summed E-state index contributed by atoms with van der Waals surface area (Å²) >= 11 is 24.6. The average Bonchev–Trinajstić information content (AvgIpc) is 3.34. The van der Waals surface area contributed by atoms with E-state index in [1.165, 1.54) is 37.4 Å². The number of hydrogen-bond donors (Lipinski definition) is 1. The molecule has 2 heterocycles. The van der Waals surface area contributed by atoms with E-state index < -0.39 is 62.0 Å². The fourth-order valence-corrected chi connectivity index (χ4v) is 9.43. The standard InChI is InChI=1S/C28H20Br3Cl2N3O8/c1-44-17-8-15(20(30)21(31)22(17)37)19-13-6-7-14-18(16(13)9-27(32)25(40)34(10-29)26(41)28(19,27)33)24(39)35(23(14)38)11-2-4-12(5-3-11)36(42)43/h2-6,8,14,16,18-19,37H,7,9-10H2,1H3. The van der Waals surface area contributed by atoms with Gasteiger partial charge in [-0.1, -0.05) is 27.6 Å². The van der Waals surface area contributed by atoms with Gasteiger partial charge in [0.2, 0.25) is 11.8 Å². The second kappa shape index (κ2) is 10.8. The second-order valence-corrected chi connectivity index (χ2v) is 14.2. The molecule has 2 aromatic rings. The molecule has 1 saturated carbocycles. The van der Waals surface area contributed by atoms with Gasteiger partial charge in [-0.3, -0.25) is 39.1 Å². The van der Waals surface area contributed by atoms with E-state index in [4.69, 9.17) is 27.9 Å². The second-order valence-electron chi connectivity index (χ2n) is 10.9. The molecule has 2 saturated heterocycles. The normalized spacial score (nSPS) is 31.1. The summed E-state index contributed by atoms with van der Waals surface area (Å²) in [6, 6.07) is 6.57. The SMILES string of the molecule is COc1cc(C2C3=CCC4C(=O)N(c5ccc([N+](=O)[O-])cc5)C(=O)C4C3CC3(Cl)C(=O)N(CBr)C(=O)C23Cl)c(Br)c(Br)c1O. The van der Waals surface area contributed by atoms with Crippen LogP contribution in [0.4, 0.5) is 11.4 Å². The Morgan fingerprint density at radius 2 is 1.73 bits per heavy atom. The van der Waals surface area contributed by atoms with Crippen LogP contribution in [-0.2, 0) is 19.2 Å². The van der Waals surface area contributed by atoms with Crippen molar-refractivity contribution in [1.29, 1.82) is 0 Å². The summed E-state index contributed by atoms with van der Waals surface area (Å²) in [6.45, 7) is 0. The lowest BCUT2D eigenvalue weighted by Crippen LogP contribution is -2.60. The average molecular weight is 837 g/mol. The van der Waals surface area contributed by atoms with E-state index in [2.05, 4.69) is 47.8 Å². The number of likely N-dealkylation sites (tertiary alicyclic amines) is 1. The van der Waals surface area contributed by atoms with Crippen molar-refractivity contribution >= 4 is 106 Å².